The van der Waals surface area contributed by atoms with Crippen LogP contribution in [0, 0.1) is 6.92 Å². The molecular formula is C25H42O2. The summed E-state index contributed by atoms with van der Waals surface area (Å²) in [6, 6.07) is 7.68. The molecule has 2 nitrogen and oxygen atoms in total. The smallest absolute Gasteiger partial charge is 0.311 e. The summed E-state index contributed by atoms with van der Waals surface area (Å²) < 4.78 is 5.38. The SMILES string of the molecule is CCCCCCCCCCCCCCCCCC(=O)Oc1cccc(C)c1. The third kappa shape index (κ3) is 14.4. The number of aryl methyl sites for hydroxylation is 1. The Balaban J connectivity index is 1.82. The van der Waals surface area contributed by atoms with E-state index in [1.54, 1.807) is 0 Å². The Morgan fingerprint density at radius 3 is 1.70 bits per heavy atom. The van der Waals surface area contributed by atoms with E-state index in [1.807, 2.05) is 31.2 Å². The average molecular weight is 375 g/mol. The molecule has 1 rings (SSSR count). The van der Waals surface area contributed by atoms with E-state index >= 15 is 0 Å². The Labute approximate surface area is 168 Å². The third-order valence-electron chi connectivity index (χ3n) is 5.21. The van der Waals surface area contributed by atoms with Gasteiger partial charge in [-0.05, 0) is 31.0 Å². The van der Waals surface area contributed by atoms with E-state index in [9.17, 15) is 4.79 Å². The summed E-state index contributed by atoms with van der Waals surface area (Å²) in [7, 11) is 0. The second-order valence-corrected chi connectivity index (χ2v) is 7.99. The van der Waals surface area contributed by atoms with Crippen LogP contribution in [0.4, 0.5) is 0 Å². The normalized spacial score (nSPS) is 10.9. The van der Waals surface area contributed by atoms with Gasteiger partial charge >= 0.3 is 5.97 Å². The number of hydrogen-bond donors (Lipinski definition) is 0. The maximum atomic E-state index is 11.8. The molecule has 0 fully saturated rings. The minimum absolute atomic E-state index is 0.102. The largest absolute Gasteiger partial charge is 0.427 e. The van der Waals surface area contributed by atoms with Gasteiger partial charge in [-0.2, -0.15) is 0 Å². The van der Waals surface area contributed by atoms with Crippen LogP contribution in [0.2, 0.25) is 0 Å². The number of hydrogen-bond acceptors (Lipinski definition) is 2. The maximum absolute atomic E-state index is 11.8. The van der Waals surface area contributed by atoms with Crippen molar-refractivity contribution in [2.45, 2.75) is 117 Å². The molecule has 0 aliphatic carbocycles. The molecule has 1 aromatic rings. The Bertz CT molecular complexity index is 481. The van der Waals surface area contributed by atoms with Gasteiger partial charge in [0.25, 0.3) is 0 Å². The lowest BCUT2D eigenvalue weighted by Crippen LogP contribution is -2.07. The topological polar surface area (TPSA) is 26.3 Å². The third-order valence-corrected chi connectivity index (χ3v) is 5.21. The fourth-order valence-electron chi connectivity index (χ4n) is 3.50. The first-order valence-electron chi connectivity index (χ1n) is 11.5. The van der Waals surface area contributed by atoms with E-state index in [-0.39, 0.29) is 5.97 Å². The predicted octanol–water partition coefficient (Wildman–Crippen LogP) is 8.16. The molecule has 0 N–H and O–H groups in total. The first kappa shape index (κ1) is 23.7. The second kappa shape index (κ2) is 16.8. The van der Waals surface area contributed by atoms with Gasteiger partial charge in [0.2, 0.25) is 0 Å². The first-order chi connectivity index (χ1) is 13.2. The van der Waals surface area contributed by atoms with Gasteiger partial charge in [-0.3, -0.25) is 4.79 Å². The molecule has 27 heavy (non-hydrogen) atoms. The molecule has 0 saturated carbocycles. The highest BCUT2D eigenvalue weighted by Crippen LogP contribution is 2.15. The molecule has 0 spiro atoms. The lowest BCUT2D eigenvalue weighted by Gasteiger charge is -2.05. The standard InChI is InChI=1S/C25H42O2/c1-3-4-5-6-7-8-9-10-11-12-13-14-15-16-17-21-25(26)27-24-20-18-19-23(2)22-24/h18-20,22H,3-17,21H2,1-2H3. The number of benzene rings is 1. The minimum atomic E-state index is -0.102. The van der Waals surface area contributed by atoms with Crippen molar-refractivity contribution < 1.29 is 9.53 Å². The van der Waals surface area contributed by atoms with Gasteiger partial charge < -0.3 is 4.74 Å². The minimum Gasteiger partial charge on any atom is -0.427 e. The van der Waals surface area contributed by atoms with Crippen LogP contribution in [0.25, 0.3) is 0 Å². The highest BCUT2D eigenvalue weighted by atomic mass is 16.5. The summed E-state index contributed by atoms with van der Waals surface area (Å²) in [5.41, 5.74) is 1.12. The van der Waals surface area contributed by atoms with Crippen LogP contribution >= 0.6 is 0 Å². The van der Waals surface area contributed by atoms with Gasteiger partial charge in [-0.1, -0.05) is 109 Å². The Hall–Kier alpha value is -1.31. The summed E-state index contributed by atoms with van der Waals surface area (Å²) in [6.45, 7) is 4.28. The van der Waals surface area contributed by atoms with Crippen LogP contribution in [-0.4, -0.2) is 5.97 Å². The van der Waals surface area contributed by atoms with Gasteiger partial charge in [0.1, 0.15) is 5.75 Å². The molecule has 0 atom stereocenters. The summed E-state index contributed by atoms with van der Waals surface area (Å²) in [6.07, 6.45) is 20.6. The Morgan fingerprint density at radius 1 is 0.741 bits per heavy atom. The number of ether oxygens (including phenoxy) is 1. The van der Waals surface area contributed by atoms with E-state index in [4.69, 9.17) is 4.74 Å². The van der Waals surface area contributed by atoms with Crippen LogP contribution in [0.15, 0.2) is 24.3 Å². The lowest BCUT2D eigenvalue weighted by molar-refractivity contribution is -0.134. The molecule has 0 amide bonds. The summed E-state index contributed by atoms with van der Waals surface area (Å²) in [4.78, 5) is 11.8. The van der Waals surface area contributed by atoms with E-state index in [0.717, 1.165) is 18.4 Å². The van der Waals surface area contributed by atoms with E-state index in [2.05, 4.69) is 6.92 Å². The molecular weight excluding hydrogens is 332 g/mol. The highest BCUT2D eigenvalue weighted by Gasteiger charge is 2.04. The van der Waals surface area contributed by atoms with Gasteiger partial charge in [0.15, 0.2) is 0 Å². The zero-order valence-corrected chi connectivity index (χ0v) is 17.9. The van der Waals surface area contributed by atoms with Crippen LogP contribution < -0.4 is 4.74 Å². The highest BCUT2D eigenvalue weighted by molar-refractivity contribution is 5.72. The molecule has 0 saturated heterocycles. The number of carbonyl (C=O) groups excluding carboxylic acids is 1. The quantitative estimate of drug-likeness (QED) is 0.156. The van der Waals surface area contributed by atoms with Crippen LogP contribution in [0.1, 0.15) is 115 Å². The van der Waals surface area contributed by atoms with Crippen LogP contribution in [-0.2, 0) is 4.79 Å². The summed E-state index contributed by atoms with van der Waals surface area (Å²) >= 11 is 0. The van der Waals surface area contributed by atoms with Gasteiger partial charge in [0.05, 0.1) is 0 Å². The fourth-order valence-corrected chi connectivity index (χ4v) is 3.50. The fraction of sp³-hybridized carbons (Fsp3) is 0.720. The van der Waals surface area contributed by atoms with Gasteiger partial charge in [0, 0.05) is 6.42 Å². The van der Waals surface area contributed by atoms with Crippen molar-refractivity contribution >= 4 is 5.97 Å². The van der Waals surface area contributed by atoms with Crippen molar-refractivity contribution in [1.82, 2.24) is 0 Å². The number of unbranched alkanes of at least 4 members (excludes halogenated alkanes) is 14. The molecule has 0 aliphatic heterocycles. The monoisotopic (exact) mass is 374 g/mol. The Kier molecular flexibility index (Phi) is 14.8. The summed E-state index contributed by atoms with van der Waals surface area (Å²) in [5, 5.41) is 0. The summed E-state index contributed by atoms with van der Waals surface area (Å²) in [5.74, 6) is 0.566. The van der Waals surface area contributed by atoms with Crippen molar-refractivity contribution in [3.8, 4) is 5.75 Å². The second-order valence-electron chi connectivity index (χ2n) is 7.99. The van der Waals surface area contributed by atoms with E-state index in [1.165, 1.54) is 83.5 Å². The molecule has 1 aromatic carbocycles. The number of esters is 1. The molecule has 0 heterocycles. The van der Waals surface area contributed by atoms with Crippen LogP contribution in [0.3, 0.4) is 0 Å². The zero-order valence-electron chi connectivity index (χ0n) is 17.9. The van der Waals surface area contributed by atoms with Crippen molar-refractivity contribution in [2.75, 3.05) is 0 Å². The number of carbonyl (C=O) groups is 1. The van der Waals surface area contributed by atoms with Crippen molar-refractivity contribution in [3.63, 3.8) is 0 Å². The van der Waals surface area contributed by atoms with Crippen molar-refractivity contribution in [1.29, 1.82) is 0 Å². The maximum Gasteiger partial charge on any atom is 0.311 e. The first-order valence-corrected chi connectivity index (χ1v) is 11.5. The predicted molar refractivity (Wildman–Crippen MR) is 116 cm³/mol. The van der Waals surface area contributed by atoms with Gasteiger partial charge in [-0.15, -0.1) is 0 Å². The molecule has 0 aliphatic rings. The van der Waals surface area contributed by atoms with Crippen molar-refractivity contribution in [3.05, 3.63) is 29.8 Å². The van der Waals surface area contributed by atoms with Gasteiger partial charge in [-0.25, -0.2) is 0 Å². The molecule has 2 heteroatoms. The molecule has 0 aromatic heterocycles. The molecule has 154 valence electrons. The Morgan fingerprint density at radius 2 is 1.22 bits per heavy atom. The zero-order chi connectivity index (χ0) is 19.6. The lowest BCUT2D eigenvalue weighted by atomic mass is 10.0. The van der Waals surface area contributed by atoms with Crippen molar-refractivity contribution in [2.24, 2.45) is 0 Å². The molecule has 0 unspecified atom stereocenters. The number of rotatable bonds is 17. The average Bonchev–Trinajstić information content (AvgIpc) is 2.65. The van der Waals surface area contributed by atoms with E-state index in [0.29, 0.717) is 12.2 Å². The van der Waals surface area contributed by atoms with E-state index < -0.39 is 0 Å². The molecule has 0 radical (unpaired) electrons. The van der Waals surface area contributed by atoms with Crippen LogP contribution in [0.5, 0.6) is 5.75 Å². The molecule has 0 bridgehead atoms.